The molecule has 5 heteroatoms. The van der Waals surface area contributed by atoms with Crippen molar-refractivity contribution >= 4 is 15.9 Å². The molecule has 0 aromatic carbocycles. The third-order valence-corrected chi connectivity index (χ3v) is 3.83. The lowest BCUT2D eigenvalue weighted by Gasteiger charge is -2.22. The van der Waals surface area contributed by atoms with Gasteiger partial charge in [-0.25, -0.2) is 9.97 Å². The van der Waals surface area contributed by atoms with E-state index in [1.54, 1.807) is 6.20 Å². The fourth-order valence-corrected chi connectivity index (χ4v) is 2.44. The van der Waals surface area contributed by atoms with E-state index in [4.69, 9.17) is 0 Å². The van der Waals surface area contributed by atoms with E-state index >= 15 is 0 Å². The molecule has 0 radical (unpaired) electrons. The van der Waals surface area contributed by atoms with Crippen molar-refractivity contribution in [2.45, 2.75) is 46.7 Å². The summed E-state index contributed by atoms with van der Waals surface area (Å²) < 4.78 is 0.907. The average Bonchev–Trinajstić information content (AvgIpc) is 2.36. The van der Waals surface area contributed by atoms with E-state index < -0.39 is 0 Å². The Labute approximate surface area is 134 Å². The topological polar surface area (TPSA) is 50.7 Å². The Kier molecular flexibility index (Phi) is 4.74. The van der Waals surface area contributed by atoms with Crippen LogP contribution in [0.3, 0.4) is 0 Å². The Hall–Kier alpha value is -1.33. The molecule has 0 unspecified atom stereocenters. The molecule has 0 bridgehead atoms. The number of hydrogen-bond acceptors (Lipinski definition) is 4. The monoisotopic (exact) mass is 348 g/mol. The molecular formula is C16H21BrN4. The molecular weight excluding hydrogens is 328 g/mol. The maximum atomic E-state index is 4.62. The molecule has 2 rings (SSSR count). The highest BCUT2D eigenvalue weighted by molar-refractivity contribution is 9.10. The first-order chi connectivity index (χ1) is 9.78. The van der Waals surface area contributed by atoms with E-state index in [0.29, 0.717) is 5.82 Å². The summed E-state index contributed by atoms with van der Waals surface area (Å²) in [6.45, 7) is 11.3. The molecule has 0 atom stereocenters. The Balaban J connectivity index is 2.36. The second-order valence-electron chi connectivity index (χ2n) is 6.13. The average molecular weight is 349 g/mol. The normalized spacial score (nSPS) is 11.7. The van der Waals surface area contributed by atoms with Gasteiger partial charge in [-0.1, -0.05) is 0 Å². The number of rotatable bonds is 3. The van der Waals surface area contributed by atoms with Gasteiger partial charge in [0.25, 0.3) is 0 Å². The van der Waals surface area contributed by atoms with Crippen LogP contribution in [0.15, 0.2) is 22.8 Å². The molecule has 112 valence electrons. The van der Waals surface area contributed by atoms with Crippen LogP contribution in [0.1, 0.15) is 37.7 Å². The van der Waals surface area contributed by atoms with Gasteiger partial charge in [0.15, 0.2) is 5.82 Å². The van der Waals surface area contributed by atoms with Gasteiger partial charge in [-0.05, 0) is 62.7 Å². The summed E-state index contributed by atoms with van der Waals surface area (Å²) in [4.78, 5) is 13.6. The first-order valence-corrected chi connectivity index (χ1v) is 7.77. The number of hydrogen-bond donors (Lipinski definition) is 1. The molecule has 0 spiro atoms. The molecule has 2 heterocycles. The van der Waals surface area contributed by atoms with Crippen LogP contribution in [0.2, 0.25) is 0 Å². The molecule has 1 N–H and O–H groups in total. The second kappa shape index (κ2) is 6.20. The minimum absolute atomic E-state index is 0.0710. The first-order valence-electron chi connectivity index (χ1n) is 6.98. The second-order valence-corrected chi connectivity index (χ2v) is 6.99. The van der Waals surface area contributed by atoms with E-state index in [-0.39, 0.29) is 5.54 Å². The minimum Gasteiger partial charge on any atom is -0.308 e. The maximum Gasteiger partial charge on any atom is 0.179 e. The predicted octanol–water partition coefficient (Wildman–Crippen LogP) is 3.81. The highest BCUT2D eigenvalue weighted by Gasteiger charge is 2.15. The van der Waals surface area contributed by atoms with Crippen molar-refractivity contribution in [3.63, 3.8) is 0 Å². The lowest BCUT2D eigenvalue weighted by molar-refractivity contribution is 0.422. The van der Waals surface area contributed by atoms with Crippen molar-refractivity contribution in [2.75, 3.05) is 0 Å². The Morgan fingerprint density at radius 1 is 1.14 bits per heavy atom. The minimum atomic E-state index is 0.0710. The first kappa shape index (κ1) is 16.0. The van der Waals surface area contributed by atoms with Crippen LogP contribution in [0.25, 0.3) is 11.5 Å². The smallest absolute Gasteiger partial charge is 0.179 e. The summed E-state index contributed by atoms with van der Waals surface area (Å²) in [7, 11) is 0. The van der Waals surface area contributed by atoms with Crippen LogP contribution in [0.4, 0.5) is 0 Å². The zero-order valence-corrected chi connectivity index (χ0v) is 14.7. The van der Waals surface area contributed by atoms with Gasteiger partial charge in [0.05, 0.1) is 0 Å². The third kappa shape index (κ3) is 4.08. The molecule has 2 aromatic rings. The van der Waals surface area contributed by atoms with Gasteiger partial charge in [-0.3, -0.25) is 4.98 Å². The molecule has 21 heavy (non-hydrogen) atoms. The summed E-state index contributed by atoms with van der Waals surface area (Å²) in [5.41, 5.74) is 3.99. The van der Waals surface area contributed by atoms with Crippen molar-refractivity contribution < 1.29 is 0 Å². The molecule has 0 saturated carbocycles. The fourth-order valence-electron chi connectivity index (χ4n) is 2.00. The van der Waals surface area contributed by atoms with E-state index in [1.165, 1.54) is 0 Å². The van der Waals surface area contributed by atoms with Crippen LogP contribution >= 0.6 is 15.9 Å². The summed E-state index contributed by atoms with van der Waals surface area (Å²) in [6.07, 6.45) is 1.75. The predicted molar refractivity (Wildman–Crippen MR) is 89.0 cm³/mol. The summed E-state index contributed by atoms with van der Waals surface area (Å²) in [6, 6.07) is 3.83. The number of halogens is 1. The molecule has 0 aliphatic heterocycles. The highest BCUT2D eigenvalue weighted by Crippen LogP contribution is 2.24. The fraction of sp³-hybridized carbons (Fsp3) is 0.438. The third-order valence-electron chi connectivity index (χ3n) is 3.19. The molecule has 0 aliphatic carbocycles. The van der Waals surface area contributed by atoms with Crippen molar-refractivity contribution in [2.24, 2.45) is 0 Å². The summed E-state index contributed by atoms with van der Waals surface area (Å²) in [5.74, 6) is 0.664. The van der Waals surface area contributed by atoms with Crippen LogP contribution in [-0.2, 0) is 6.54 Å². The Morgan fingerprint density at radius 2 is 1.76 bits per heavy atom. The molecule has 0 aliphatic rings. The lowest BCUT2D eigenvalue weighted by Crippen LogP contribution is -2.35. The Bertz CT molecular complexity index is 624. The quantitative estimate of drug-likeness (QED) is 0.916. The van der Waals surface area contributed by atoms with Crippen LogP contribution in [0.5, 0.6) is 0 Å². The maximum absolute atomic E-state index is 4.62. The summed E-state index contributed by atoms with van der Waals surface area (Å²) >= 11 is 3.50. The van der Waals surface area contributed by atoms with Crippen molar-refractivity contribution in [1.82, 2.24) is 20.3 Å². The van der Waals surface area contributed by atoms with Crippen LogP contribution < -0.4 is 5.32 Å². The lowest BCUT2D eigenvalue weighted by atomic mass is 10.1. The van der Waals surface area contributed by atoms with Gasteiger partial charge in [-0.2, -0.15) is 0 Å². The number of aryl methyl sites for hydroxylation is 2. The number of nitrogens with one attached hydrogen (secondary N) is 1. The van der Waals surface area contributed by atoms with Crippen molar-refractivity contribution in [1.29, 1.82) is 0 Å². The number of aromatic nitrogens is 3. The highest BCUT2D eigenvalue weighted by atomic mass is 79.9. The van der Waals surface area contributed by atoms with Gasteiger partial charge in [-0.15, -0.1) is 0 Å². The van der Waals surface area contributed by atoms with Gasteiger partial charge in [0.2, 0.25) is 0 Å². The van der Waals surface area contributed by atoms with Crippen molar-refractivity contribution in [3.8, 4) is 11.5 Å². The SMILES string of the molecule is Cc1nc(-c2ncccc2Br)nc(C)c1CNC(C)(C)C. The molecule has 4 nitrogen and oxygen atoms in total. The zero-order chi connectivity index (χ0) is 15.6. The van der Waals surface area contributed by atoms with Gasteiger partial charge >= 0.3 is 0 Å². The molecule has 0 amide bonds. The molecule has 0 fully saturated rings. The zero-order valence-electron chi connectivity index (χ0n) is 13.2. The number of pyridine rings is 1. The standard InChI is InChI=1S/C16H21BrN4/c1-10-12(9-19-16(3,4)5)11(2)21-15(20-10)14-13(17)7-6-8-18-14/h6-8,19H,9H2,1-5H3. The van der Waals surface area contributed by atoms with E-state index in [9.17, 15) is 0 Å². The van der Waals surface area contributed by atoms with Crippen LogP contribution in [-0.4, -0.2) is 20.5 Å². The molecule has 2 aromatic heterocycles. The van der Waals surface area contributed by atoms with E-state index in [2.05, 4.69) is 57.0 Å². The van der Waals surface area contributed by atoms with E-state index in [1.807, 2.05) is 26.0 Å². The van der Waals surface area contributed by atoms with Crippen LogP contribution in [0, 0.1) is 13.8 Å². The van der Waals surface area contributed by atoms with Gasteiger partial charge < -0.3 is 5.32 Å². The van der Waals surface area contributed by atoms with Gasteiger partial charge in [0, 0.05) is 39.7 Å². The molecule has 0 saturated heterocycles. The Morgan fingerprint density at radius 3 is 2.29 bits per heavy atom. The number of nitrogens with zero attached hydrogens (tertiary/aromatic N) is 3. The summed E-state index contributed by atoms with van der Waals surface area (Å²) in [5, 5.41) is 3.49. The van der Waals surface area contributed by atoms with Gasteiger partial charge in [0.1, 0.15) is 5.69 Å². The largest absolute Gasteiger partial charge is 0.308 e. The van der Waals surface area contributed by atoms with E-state index in [0.717, 1.165) is 33.7 Å². The van der Waals surface area contributed by atoms with Crippen molar-refractivity contribution in [3.05, 3.63) is 39.8 Å².